The largest absolute Gasteiger partial charge is 0.521 e. The Morgan fingerprint density at radius 1 is 1.33 bits per heavy atom. The van der Waals surface area contributed by atoms with Gasteiger partial charge in [0, 0.05) is 0 Å². The van der Waals surface area contributed by atoms with Gasteiger partial charge in [-0.05, 0) is 0 Å². The summed E-state index contributed by atoms with van der Waals surface area (Å²) in [5, 5.41) is 8.01. The third-order valence-corrected chi connectivity index (χ3v) is 2.33. The molecule has 0 aromatic rings. The molecule has 0 aliphatic rings. The molecular formula is C4H9Cl3O3PS+. The van der Waals surface area contributed by atoms with Gasteiger partial charge in [0.25, 0.3) is 0 Å². The van der Waals surface area contributed by atoms with Crippen LogP contribution in [0.1, 0.15) is 0 Å². The first kappa shape index (κ1) is 15.7. The average Bonchev–Trinajstić information content (AvgIpc) is 2.03. The van der Waals surface area contributed by atoms with Crippen LogP contribution in [0, 0.1) is 0 Å². The lowest BCUT2D eigenvalue weighted by Gasteiger charge is -2.01. The van der Waals surface area contributed by atoms with Crippen molar-refractivity contribution in [2.24, 2.45) is 0 Å². The highest BCUT2D eigenvalue weighted by Crippen LogP contribution is 2.23. The predicted molar refractivity (Wildman–Crippen MR) is 55.7 cm³/mol. The highest BCUT2D eigenvalue weighted by molar-refractivity contribution is 8.00. The van der Waals surface area contributed by atoms with Crippen molar-refractivity contribution in [2.75, 3.05) is 20.8 Å². The SMILES string of the molecule is CO[P+](=S)OC.OCC(Cl)(Cl)Cl. The fraction of sp³-hybridized carbons (Fsp3) is 1.00. The molecule has 0 bridgehead atoms. The van der Waals surface area contributed by atoms with Gasteiger partial charge < -0.3 is 5.11 Å². The van der Waals surface area contributed by atoms with Crippen LogP contribution in [0.25, 0.3) is 0 Å². The molecule has 74 valence electrons. The van der Waals surface area contributed by atoms with E-state index < -0.39 is 17.6 Å². The Labute approximate surface area is 92.5 Å². The van der Waals surface area contributed by atoms with Gasteiger partial charge in [-0.15, -0.1) is 9.05 Å². The van der Waals surface area contributed by atoms with Crippen LogP contribution < -0.4 is 0 Å². The third kappa shape index (κ3) is 17.4. The average molecular weight is 275 g/mol. The first-order valence-electron chi connectivity index (χ1n) is 2.60. The highest BCUT2D eigenvalue weighted by atomic mass is 35.6. The van der Waals surface area contributed by atoms with E-state index in [9.17, 15) is 0 Å². The fourth-order valence-electron chi connectivity index (χ4n) is 0.0745. The number of hydrogen-bond acceptors (Lipinski definition) is 4. The molecule has 0 atom stereocenters. The van der Waals surface area contributed by atoms with Crippen LogP contribution in [0.3, 0.4) is 0 Å². The molecule has 0 aliphatic carbocycles. The maximum absolute atomic E-state index is 8.01. The maximum atomic E-state index is 8.01. The van der Waals surface area contributed by atoms with E-state index in [1.807, 2.05) is 0 Å². The van der Waals surface area contributed by atoms with Crippen molar-refractivity contribution >= 4 is 53.8 Å². The molecule has 8 heteroatoms. The Kier molecular flexibility index (Phi) is 11.6. The van der Waals surface area contributed by atoms with E-state index in [1.54, 1.807) is 0 Å². The van der Waals surface area contributed by atoms with Crippen molar-refractivity contribution in [1.82, 2.24) is 0 Å². The molecule has 0 aromatic carbocycles. The Morgan fingerprint density at radius 3 is 1.58 bits per heavy atom. The molecule has 0 aromatic heterocycles. The van der Waals surface area contributed by atoms with Gasteiger partial charge in [0.2, 0.25) is 15.6 Å². The van der Waals surface area contributed by atoms with Crippen LogP contribution in [0.2, 0.25) is 0 Å². The minimum absolute atomic E-state index is 0.433. The van der Waals surface area contributed by atoms with Crippen LogP contribution in [0.4, 0.5) is 0 Å². The molecule has 0 aliphatic heterocycles. The van der Waals surface area contributed by atoms with Crippen molar-refractivity contribution < 1.29 is 14.2 Å². The number of aliphatic hydroxyl groups is 1. The zero-order chi connectivity index (χ0) is 10.2. The molecule has 1 N–H and O–H groups in total. The molecule has 12 heavy (non-hydrogen) atoms. The first-order chi connectivity index (χ1) is 5.37. The van der Waals surface area contributed by atoms with E-state index in [-0.39, 0.29) is 0 Å². The van der Waals surface area contributed by atoms with E-state index >= 15 is 0 Å². The molecule has 0 radical (unpaired) electrons. The van der Waals surface area contributed by atoms with Gasteiger partial charge in [0.15, 0.2) is 0 Å². The number of hydrogen-bond donors (Lipinski definition) is 1. The molecule has 0 spiro atoms. The minimum Gasteiger partial charge on any atom is -0.392 e. The number of aliphatic hydroxyl groups excluding tert-OH is 1. The monoisotopic (exact) mass is 273 g/mol. The highest BCUT2D eigenvalue weighted by Gasteiger charge is 2.16. The van der Waals surface area contributed by atoms with Crippen molar-refractivity contribution in [1.29, 1.82) is 0 Å². The number of alkyl halides is 3. The molecule has 3 nitrogen and oxygen atoms in total. The topological polar surface area (TPSA) is 38.7 Å². The van der Waals surface area contributed by atoms with Crippen LogP contribution in [0.15, 0.2) is 0 Å². The van der Waals surface area contributed by atoms with Crippen molar-refractivity contribution in [2.45, 2.75) is 3.79 Å². The van der Waals surface area contributed by atoms with Gasteiger partial charge in [0.05, 0.1) is 20.8 Å². The van der Waals surface area contributed by atoms with Gasteiger partial charge in [-0.2, -0.15) is 0 Å². The minimum atomic E-state index is -1.49. The molecular weight excluding hydrogens is 265 g/mol. The fourth-order valence-corrected chi connectivity index (χ4v) is 0.224. The second-order valence-electron chi connectivity index (χ2n) is 1.36. The summed E-state index contributed by atoms with van der Waals surface area (Å²) in [6, 6.07) is 0. The smallest absolute Gasteiger partial charge is 0.392 e. The molecule has 0 fully saturated rings. The van der Waals surface area contributed by atoms with Gasteiger partial charge in [-0.1, -0.05) is 34.8 Å². The Hall–Kier alpha value is 1.27. The summed E-state index contributed by atoms with van der Waals surface area (Å²) in [5.41, 5.74) is 0. The standard InChI is InChI=1S/C2H3Cl3O.C2H6O2PS/c3-2(4,5)1-6;1-3-5(6)4-2/h6H,1H2;1-2H3/q;+1. The van der Waals surface area contributed by atoms with E-state index in [4.69, 9.17) is 39.9 Å². The molecule has 0 saturated carbocycles. The van der Waals surface area contributed by atoms with E-state index in [2.05, 4.69) is 20.9 Å². The summed E-state index contributed by atoms with van der Waals surface area (Å²) in [6.07, 6.45) is 0. The summed E-state index contributed by atoms with van der Waals surface area (Å²) in [7, 11) is 2.07. The van der Waals surface area contributed by atoms with Gasteiger partial charge in [0.1, 0.15) is 0 Å². The Bertz CT molecular complexity index is 123. The van der Waals surface area contributed by atoms with Crippen molar-refractivity contribution in [3.05, 3.63) is 0 Å². The van der Waals surface area contributed by atoms with Crippen molar-refractivity contribution in [3.8, 4) is 0 Å². The predicted octanol–water partition coefficient (Wildman–Crippen LogP) is 2.40. The normalized spacial score (nSPS) is 10.2. The van der Waals surface area contributed by atoms with Crippen LogP contribution >= 0.6 is 42.0 Å². The lowest BCUT2D eigenvalue weighted by molar-refractivity contribution is 0.303. The van der Waals surface area contributed by atoms with Crippen molar-refractivity contribution in [3.63, 3.8) is 0 Å². The molecule has 0 rings (SSSR count). The molecule has 0 unspecified atom stereocenters. The first-order valence-corrected chi connectivity index (χ1v) is 5.93. The Balaban J connectivity index is 0. The molecule has 0 heterocycles. The summed E-state index contributed by atoms with van der Waals surface area (Å²) in [4.78, 5) is 0. The lowest BCUT2D eigenvalue weighted by Crippen LogP contribution is -2.06. The quantitative estimate of drug-likeness (QED) is 0.620. The number of rotatable bonds is 2. The number of halogens is 3. The van der Waals surface area contributed by atoms with Crippen LogP contribution in [0.5, 0.6) is 0 Å². The second kappa shape index (κ2) is 8.85. The second-order valence-corrected chi connectivity index (χ2v) is 5.95. The lowest BCUT2D eigenvalue weighted by atomic mass is 10.9. The van der Waals surface area contributed by atoms with E-state index in [0.29, 0.717) is 0 Å². The zero-order valence-corrected chi connectivity index (χ0v) is 10.4. The molecule has 0 saturated heterocycles. The summed E-state index contributed by atoms with van der Waals surface area (Å²) in [6.45, 7) is -0.433. The van der Waals surface area contributed by atoms with Gasteiger partial charge in [-0.3, -0.25) is 0 Å². The van der Waals surface area contributed by atoms with E-state index in [1.165, 1.54) is 14.2 Å². The maximum Gasteiger partial charge on any atom is 0.521 e. The summed E-state index contributed by atoms with van der Waals surface area (Å²) in [5.74, 6) is 0. The van der Waals surface area contributed by atoms with Gasteiger partial charge in [-0.25, -0.2) is 0 Å². The van der Waals surface area contributed by atoms with Crippen LogP contribution in [-0.4, -0.2) is 29.7 Å². The van der Waals surface area contributed by atoms with Crippen LogP contribution in [-0.2, 0) is 20.9 Å². The summed E-state index contributed by atoms with van der Waals surface area (Å²) >= 11 is 19.6. The summed E-state index contributed by atoms with van der Waals surface area (Å²) < 4.78 is 7.63. The van der Waals surface area contributed by atoms with E-state index in [0.717, 1.165) is 0 Å². The Morgan fingerprint density at radius 2 is 1.58 bits per heavy atom. The molecule has 0 amide bonds. The zero-order valence-electron chi connectivity index (χ0n) is 6.46. The third-order valence-electron chi connectivity index (χ3n) is 0.477. The van der Waals surface area contributed by atoms with Gasteiger partial charge >= 0.3 is 7.15 Å².